The number of halogens is 1. The molecule has 1 saturated heterocycles. The van der Waals surface area contributed by atoms with E-state index in [1.165, 1.54) is 17.0 Å². The summed E-state index contributed by atoms with van der Waals surface area (Å²) < 4.78 is 13.7. The van der Waals surface area contributed by atoms with E-state index in [9.17, 15) is 14.0 Å². The normalized spacial score (nSPS) is 18.1. The number of benzene rings is 1. The second-order valence-corrected chi connectivity index (χ2v) is 4.57. The minimum absolute atomic E-state index is 0.170. The molecule has 1 atom stereocenters. The molecule has 1 aliphatic rings. The van der Waals surface area contributed by atoms with Crippen molar-refractivity contribution in [3.63, 3.8) is 0 Å². The molecular weight excluding hydrogens is 267 g/mol. The molecular formula is C13H15FN2O4. The Labute approximate surface area is 114 Å². The fourth-order valence-corrected chi connectivity index (χ4v) is 2.30. The van der Waals surface area contributed by atoms with E-state index in [4.69, 9.17) is 10.2 Å². The Bertz CT molecular complexity index is 535. The zero-order valence-electron chi connectivity index (χ0n) is 10.7. The molecule has 0 aromatic heterocycles. The third-order valence-electron chi connectivity index (χ3n) is 3.32. The van der Waals surface area contributed by atoms with Crippen LogP contribution in [0.5, 0.6) is 0 Å². The summed E-state index contributed by atoms with van der Waals surface area (Å²) in [5.41, 5.74) is -0.660. The van der Waals surface area contributed by atoms with Crippen LogP contribution >= 0.6 is 0 Å². The van der Waals surface area contributed by atoms with Crippen molar-refractivity contribution in [3.05, 3.63) is 29.6 Å². The molecule has 6 nitrogen and oxygen atoms in total. The summed E-state index contributed by atoms with van der Waals surface area (Å²) in [5.74, 6) is -2.13. The average molecular weight is 282 g/mol. The van der Waals surface area contributed by atoms with Gasteiger partial charge in [-0.25, -0.2) is 14.0 Å². The van der Waals surface area contributed by atoms with E-state index in [0.717, 1.165) is 12.5 Å². The van der Waals surface area contributed by atoms with Gasteiger partial charge in [0, 0.05) is 6.54 Å². The van der Waals surface area contributed by atoms with Gasteiger partial charge >= 0.3 is 12.0 Å². The van der Waals surface area contributed by atoms with Crippen molar-refractivity contribution in [3.8, 4) is 0 Å². The molecule has 108 valence electrons. The third kappa shape index (κ3) is 2.72. The monoisotopic (exact) mass is 282 g/mol. The van der Waals surface area contributed by atoms with Gasteiger partial charge in [-0.15, -0.1) is 0 Å². The summed E-state index contributed by atoms with van der Waals surface area (Å²) in [5, 5.41) is 20.4. The smallest absolute Gasteiger partial charge is 0.337 e. The number of likely N-dealkylation sites (tertiary alicyclic amines) is 1. The third-order valence-corrected chi connectivity index (χ3v) is 3.32. The van der Waals surface area contributed by atoms with E-state index in [1.54, 1.807) is 0 Å². The van der Waals surface area contributed by atoms with Crippen molar-refractivity contribution >= 4 is 17.7 Å². The first-order chi connectivity index (χ1) is 9.54. The fraction of sp³-hybridized carbons (Fsp3) is 0.385. The second-order valence-electron chi connectivity index (χ2n) is 4.57. The van der Waals surface area contributed by atoms with Crippen LogP contribution in [0, 0.1) is 5.82 Å². The predicted molar refractivity (Wildman–Crippen MR) is 69.2 cm³/mol. The Morgan fingerprint density at radius 2 is 2.20 bits per heavy atom. The molecule has 0 radical (unpaired) electrons. The largest absolute Gasteiger partial charge is 0.478 e. The second kappa shape index (κ2) is 5.87. The lowest BCUT2D eigenvalue weighted by molar-refractivity contribution is 0.0697. The summed E-state index contributed by atoms with van der Waals surface area (Å²) in [7, 11) is 0. The molecule has 0 bridgehead atoms. The van der Waals surface area contributed by atoms with Gasteiger partial charge in [0.2, 0.25) is 0 Å². The average Bonchev–Trinajstić information content (AvgIpc) is 2.89. The SMILES string of the molecule is O=C(O)c1cccc(F)c1NC(=O)N1CCCC1CO. The Hall–Kier alpha value is -2.15. The first-order valence-electron chi connectivity index (χ1n) is 6.25. The molecule has 1 aromatic carbocycles. The number of para-hydroxylation sites is 1. The van der Waals surface area contributed by atoms with Gasteiger partial charge in [-0.05, 0) is 25.0 Å². The number of aromatic carboxylic acids is 1. The number of anilines is 1. The Balaban J connectivity index is 2.21. The highest BCUT2D eigenvalue weighted by molar-refractivity contribution is 6.00. The van der Waals surface area contributed by atoms with Crippen LogP contribution in [0.4, 0.5) is 14.9 Å². The molecule has 1 aliphatic heterocycles. The highest BCUT2D eigenvalue weighted by Gasteiger charge is 2.29. The molecule has 1 aromatic rings. The summed E-state index contributed by atoms with van der Waals surface area (Å²) >= 11 is 0. The number of carbonyl (C=O) groups is 2. The number of rotatable bonds is 3. The number of carboxylic acid groups (broad SMARTS) is 1. The van der Waals surface area contributed by atoms with Crippen molar-refractivity contribution in [2.24, 2.45) is 0 Å². The number of aliphatic hydroxyl groups is 1. The molecule has 0 spiro atoms. The number of nitrogens with zero attached hydrogens (tertiary/aromatic N) is 1. The molecule has 2 amide bonds. The number of nitrogens with one attached hydrogen (secondary N) is 1. The van der Waals surface area contributed by atoms with Gasteiger partial charge in [0.05, 0.1) is 23.9 Å². The molecule has 1 heterocycles. The van der Waals surface area contributed by atoms with E-state index in [-0.39, 0.29) is 23.9 Å². The Kier molecular flexibility index (Phi) is 4.19. The van der Waals surface area contributed by atoms with Crippen LogP contribution < -0.4 is 5.32 Å². The highest BCUT2D eigenvalue weighted by atomic mass is 19.1. The summed E-state index contributed by atoms with van der Waals surface area (Å²) in [6.45, 7) is 0.282. The number of carboxylic acids is 1. The predicted octanol–water partition coefficient (Wildman–Crippen LogP) is 1.51. The molecule has 1 fully saturated rings. The van der Waals surface area contributed by atoms with Crippen LogP contribution in [0.1, 0.15) is 23.2 Å². The van der Waals surface area contributed by atoms with Gasteiger partial charge < -0.3 is 20.4 Å². The fourth-order valence-electron chi connectivity index (χ4n) is 2.30. The maximum absolute atomic E-state index is 13.7. The number of hydrogen-bond donors (Lipinski definition) is 3. The lowest BCUT2D eigenvalue weighted by Crippen LogP contribution is -2.40. The summed E-state index contributed by atoms with van der Waals surface area (Å²) in [6, 6.07) is 2.65. The van der Waals surface area contributed by atoms with Gasteiger partial charge in [0.15, 0.2) is 0 Å². The maximum Gasteiger partial charge on any atom is 0.337 e. The van der Waals surface area contributed by atoms with Gasteiger partial charge in [0.25, 0.3) is 0 Å². The van der Waals surface area contributed by atoms with Crippen LogP contribution in [0.15, 0.2) is 18.2 Å². The minimum atomic E-state index is -1.32. The van der Waals surface area contributed by atoms with Crippen molar-refractivity contribution in [2.75, 3.05) is 18.5 Å². The Morgan fingerprint density at radius 1 is 1.45 bits per heavy atom. The van der Waals surface area contributed by atoms with E-state index < -0.39 is 17.8 Å². The van der Waals surface area contributed by atoms with E-state index in [0.29, 0.717) is 13.0 Å². The van der Waals surface area contributed by atoms with Gasteiger partial charge in [-0.2, -0.15) is 0 Å². The quantitative estimate of drug-likeness (QED) is 0.784. The van der Waals surface area contributed by atoms with E-state index >= 15 is 0 Å². The zero-order chi connectivity index (χ0) is 14.7. The molecule has 3 N–H and O–H groups in total. The van der Waals surface area contributed by atoms with Gasteiger partial charge in [0.1, 0.15) is 5.82 Å². The van der Waals surface area contributed by atoms with Gasteiger partial charge in [-0.1, -0.05) is 6.07 Å². The highest BCUT2D eigenvalue weighted by Crippen LogP contribution is 2.23. The van der Waals surface area contributed by atoms with Crippen LogP contribution in [0.2, 0.25) is 0 Å². The van der Waals surface area contributed by atoms with Crippen molar-refractivity contribution in [2.45, 2.75) is 18.9 Å². The van der Waals surface area contributed by atoms with Crippen molar-refractivity contribution in [1.82, 2.24) is 4.90 Å². The van der Waals surface area contributed by atoms with Crippen LogP contribution in [-0.4, -0.2) is 46.3 Å². The molecule has 7 heteroatoms. The Morgan fingerprint density at radius 3 is 2.85 bits per heavy atom. The first kappa shape index (κ1) is 14.3. The lowest BCUT2D eigenvalue weighted by Gasteiger charge is -2.23. The first-order valence-corrected chi connectivity index (χ1v) is 6.25. The van der Waals surface area contributed by atoms with Crippen LogP contribution in [0.3, 0.4) is 0 Å². The number of aliphatic hydroxyl groups excluding tert-OH is 1. The maximum atomic E-state index is 13.7. The lowest BCUT2D eigenvalue weighted by atomic mass is 10.1. The summed E-state index contributed by atoms with van der Waals surface area (Å²) in [4.78, 5) is 24.5. The standard InChI is InChI=1S/C13H15FN2O4/c14-10-5-1-4-9(12(18)19)11(10)15-13(20)16-6-2-3-8(16)7-17/h1,4-5,8,17H,2-3,6-7H2,(H,15,20)(H,18,19). The van der Waals surface area contributed by atoms with E-state index in [2.05, 4.69) is 5.32 Å². The molecule has 2 rings (SSSR count). The number of carbonyl (C=O) groups excluding carboxylic acids is 1. The van der Waals surface area contributed by atoms with Crippen LogP contribution in [-0.2, 0) is 0 Å². The van der Waals surface area contributed by atoms with E-state index in [1.807, 2.05) is 0 Å². The molecule has 0 aliphatic carbocycles. The number of urea groups is 1. The number of amides is 2. The van der Waals surface area contributed by atoms with Gasteiger partial charge in [-0.3, -0.25) is 0 Å². The van der Waals surface area contributed by atoms with Crippen LogP contribution in [0.25, 0.3) is 0 Å². The number of hydrogen-bond acceptors (Lipinski definition) is 3. The summed E-state index contributed by atoms with van der Waals surface area (Å²) in [6.07, 6.45) is 1.43. The molecule has 1 unspecified atom stereocenters. The molecule has 0 saturated carbocycles. The topological polar surface area (TPSA) is 89.9 Å². The van der Waals surface area contributed by atoms with Crippen molar-refractivity contribution < 1.29 is 24.2 Å². The molecule has 20 heavy (non-hydrogen) atoms. The zero-order valence-corrected chi connectivity index (χ0v) is 10.7. The van der Waals surface area contributed by atoms with Crippen molar-refractivity contribution in [1.29, 1.82) is 0 Å². The minimum Gasteiger partial charge on any atom is -0.478 e.